The Morgan fingerprint density at radius 3 is 2.42 bits per heavy atom. The molecule has 2 aromatic carbocycles. The monoisotopic (exact) mass is 326 g/mol. The van der Waals surface area contributed by atoms with Crippen LogP contribution in [0.15, 0.2) is 54.6 Å². The van der Waals surface area contributed by atoms with E-state index in [4.69, 9.17) is 0 Å². The third-order valence-corrected chi connectivity index (χ3v) is 2.35. The van der Waals surface area contributed by atoms with Gasteiger partial charge in [0, 0.05) is 0 Å². The largest absolute Gasteiger partial charge is 0.273 e. The number of fused-ring (bicyclic) bond motifs is 1. The molecule has 0 aliphatic heterocycles. The summed E-state index contributed by atoms with van der Waals surface area (Å²) in [6.07, 6.45) is 10.0. The van der Waals surface area contributed by atoms with Gasteiger partial charge in [0.05, 0.1) is 0 Å². The zero-order chi connectivity index (χ0) is 14.1. The van der Waals surface area contributed by atoms with E-state index in [0.29, 0.717) is 0 Å². The van der Waals surface area contributed by atoms with E-state index in [0.717, 1.165) is 6.42 Å². The minimum Gasteiger partial charge on any atom is -0.273 e. The van der Waals surface area contributed by atoms with Crippen molar-refractivity contribution >= 4 is 14.0 Å². The molecular formula is C18H20Zr. The fourth-order valence-electron chi connectivity index (χ4n) is 1.65. The Morgan fingerprint density at radius 2 is 1.95 bits per heavy atom. The Balaban J connectivity index is 0.000000169. The number of hydrogen-bond acceptors (Lipinski definition) is 0. The van der Waals surface area contributed by atoms with Gasteiger partial charge in [-0.1, -0.05) is 13.0 Å². The standard InChI is InChI=1S/C10H9.C5H5.C3H6.Zr/c1-8-6-9-4-2-3-5-10(9)7-8;1-2-4-5-3-1;1-3-2;/h2-7H,1H3;1-3H,4H2;1-2H3;/q2*-1;;+2. The molecule has 1 aliphatic rings. The van der Waals surface area contributed by atoms with E-state index in [1.165, 1.54) is 19.5 Å². The van der Waals surface area contributed by atoms with Crippen molar-refractivity contribution in [3.63, 3.8) is 0 Å². The van der Waals surface area contributed by atoms with Crippen molar-refractivity contribution < 1.29 is 24.2 Å². The van der Waals surface area contributed by atoms with E-state index in [-0.39, 0.29) is 0 Å². The second-order valence-electron chi connectivity index (χ2n) is 4.66. The van der Waals surface area contributed by atoms with Gasteiger partial charge < -0.3 is 0 Å². The smallest absolute Gasteiger partial charge is 0.0579 e. The third kappa shape index (κ3) is 7.28. The van der Waals surface area contributed by atoms with Crippen LogP contribution in [0, 0.1) is 13.0 Å². The number of aryl methyl sites for hydroxylation is 1. The first-order valence-electron chi connectivity index (χ1n) is 6.45. The first kappa shape index (κ1) is 16.1. The second kappa shape index (κ2) is 9.04. The molecule has 0 nitrogen and oxygen atoms in total. The molecule has 2 aromatic rings. The number of benzene rings is 1. The Hall–Kier alpha value is -0.937. The molecule has 0 atom stereocenters. The summed E-state index contributed by atoms with van der Waals surface area (Å²) in [7, 11) is 0. The van der Waals surface area contributed by atoms with Crippen LogP contribution in [-0.4, -0.2) is 3.21 Å². The quantitative estimate of drug-likeness (QED) is 0.603. The molecule has 0 bridgehead atoms. The number of hydrogen-bond donors (Lipinski definition) is 0. The van der Waals surface area contributed by atoms with Gasteiger partial charge in [0.15, 0.2) is 0 Å². The predicted molar refractivity (Wildman–Crippen MR) is 82.2 cm³/mol. The van der Waals surface area contributed by atoms with Crippen LogP contribution in [0.3, 0.4) is 0 Å². The number of rotatable bonds is 0. The van der Waals surface area contributed by atoms with Gasteiger partial charge >= 0.3 is 41.3 Å². The third-order valence-electron chi connectivity index (χ3n) is 2.35. The molecule has 0 N–H and O–H groups in total. The van der Waals surface area contributed by atoms with Crippen LogP contribution in [0.2, 0.25) is 0 Å². The predicted octanol–water partition coefficient (Wildman–Crippen LogP) is 4.92. The molecular weight excluding hydrogens is 307 g/mol. The maximum absolute atomic E-state index is 2.99. The molecule has 0 unspecified atom stereocenters. The molecule has 1 aliphatic carbocycles. The molecule has 0 saturated heterocycles. The van der Waals surface area contributed by atoms with Crippen molar-refractivity contribution in [2.45, 2.75) is 27.2 Å². The molecule has 0 spiro atoms. The van der Waals surface area contributed by atoms with Crippen molar-refractivity contribution in [1.82, 2.24) is 0 Å². The van der Waals surface area contributed by atoms with E-state index >= 15 is 0 Å². The normalized spacial score (nSPS) is 11.6. The molecule has 0 radical (unpaired) electrons. The van der Waals surface area contributed by atoms with Crippen LogP contribution >= 0.6 is 0 Å². The van der Waals surface area contributed by atoms with Crippen molar-refractivity contribution in [3.8, 4) is 0 Å². The van der Waals surface area contributed by atoms with Crippen molar-refractivity contribution in [3.05, 3.63) is 66.3 Å². The van der Waals surface area contributed by atoms with E-state index in [2.05, 4.69) is 69.3 Å². The Labute approximate surface area is 131 Å². The zero-order valence-electron chi connectivity index (χ0n) is 11.9. The van der Waals surface area contributed by atoms with Gasteiger partial charge in [-0.15, -0.1) is 47.0 Å². The topological polar surface area (TPSA) is 0 Å². The molecule has 0 aromatic heterocycles. The molecule has 3 rings (SSSR count). The zero-order valence-corrected chi connectivity index (χ0v) is 14.4. The van der Waals surface area contributed by atoms with Crippen molar-refractivity contribution in [2.75, 3.05) is 0 Å². The minimum atomic E-state index is 1.01. The molecule has 0 fully saturated rings. The molecule has 1 heteroatoms. The molecule has 0 saturated carbocycles. The second-order valence-corrected chi connectivity index (χ2v) is 7.12. The van der Waals surface area contributed by atoms with Gasteiger partial charge in [-0.25, -0.2) is 12.2 Å². The SMILES string of the molecule is C[C](C)=[Zr+2].Cc1cc2ccccc2[cH-]1.[C-]1=CC=CC1. The van der Waals surface area contributed by atoms with Crippen LogP contribution in [0.1, 0.15) is 25.8 Å². The summed E-state index contributed by atoms with van der Waals surface area (Å²) in [4.78, 5) is 0. The summed E-state index contributed by atoms with van der Waals surface area (Å²) in [6.45, 7) is 6.37. The summed E-state index contributed by atoms with van der Waals surface area (Å²) in [5, 5.41) is 2.69. The van der Waals surface area contributed by atoms with Gasteiger partial charge in [-0.2, -0.15) is 12.1 Å². The molecule has 19 heavy (non-hydrogen) atoms. The van der Waals surface area contributed by atoms with Gasteiger partial charge in [-0.05, 0) is 0 Å². The molecule has 96 valence electrons. The van der Waals surface area contributed by atoms with E-state index in [1.807, 2.05) is 12.2 Å². The Morgan fingerprint density at radius 1 is 1.26 bits per heavy atom. The fraction of sp³-hybridized carbons (Fsp3) is 0.222. The van der Waals surface area contributed by atoms with Gasteiger partial charge in [0.1, 0.15) is 0 Å². The van der Waals surface area contributed by atoms with E-state index in [9.17, 15) is 0 Å². The number of allylic oxidation sites excluding steroid dienone is 4. The average Bonchev–Trinajstić information content (AvgIpc) is 2.98. The van der Waals surface area contributed by atoms with E-state index < -0.39 is 0 Å². The summed E-state index contributed by atoms with van der Waals surface area (Å²) >= 11 is 1.55. The Kier molecular flexibility index (Phi) is 7.67. The van der Waals surface area contributed by atoms with Crippen LogP contribution in [0.25, 0.3) is 10.8 Å². The first-order chi connectivity index (χ1) is 9.09. The van der Waals surface area contributed by atoms with E-state index in [1.54, 1.807) is 24.2 Å². The van der Waals surface area contributed by atoms with Crippen molar-refractivity contribution in [2.24, 2.45) is 0 Å². The van der Waals surface area contributed by atoms with Gasteiger partial charge in [0.25, 0.3) is 0 Å². The van der Waals surface area contributed by atoms with Gasteiger partial charge in [0.2, 0.25) is 0 Å². The summed E-state index contributed by atoms with van der Waals surface area (Å²) in [5.74, 6) is 0. The van der Waals surface area contributed by atoms with Crippen LogP contribution in [-0.2, 0) is 24.2 Å². The summed E-state index contributed by atoms with van der Waals surface area (Å²) in [6, 6.07) is 12.8. The first-order valence-corrected chi connectivity index (χ1v) is 7.68. The average molecular weight is 328 g/mol. The maximum atomic E-state index is 2.99. The summed E-state index contributed by atoms with van der Waals surface area (Å²) < 4.78 is 1.51. The van der Waals surface area contributed by atoms with Crippen molar-refractivity contribution in [1.29, 1.82) is 0 Å². The van der Waals surface area contributed by atoms with Crippen LogP contribution in [0.5, 0.6) is 0 Å². The molecule has 0 amide bonds. The minimum absolute atomic E-state index is 1.01. The maximum Gasteiger partial charge on any atom is -0.0579 e. The Bertz CT molecular complexity index is 523. The van der Waals surface area contributed by atoms with Crippen LogP contribution < -0.4 is 0 Å². The van der Waals surface area contributed by atoms with Crippen LogP contribution in [0.4, 0.5) is 0 Å². The van der Waals surface area contributed by atoms with Gasteiger partial charge in [-0.3, -0.25) is 6.08 Å². The fourth-order valence-corrected chi connectivity index (χ4v) is 1.65. The molecule has 0 heterocycles. The summed E-state index contributed by atoms with van der Waals surface area (Å²) in [5.41, 5.74) is 1.35.